The first-order chi connectivity index (χ1) is 6.36. The summed E-state index contributed by atoms with van der Waals surface area (Å²) in [6, 6.07) is 8.48. The molecule has 1 aromatic rings. The average Bonchev–Trinajstić information content (AvgIpc) is 2.19. The molecule has 0 aromatic heterocycles. The zero-order chi connectivity index (χ0) is 9.52. The molecule has 0 N–H and O–H groups in total. The van der Waals surface area contributed by atoms with Crippen molar-refractivity contribution in [2.45, 2.75) is 24.2 Å². The summed E-state index contributed by atoms with van der Waals surface area (Å²) in [4.78, 5) is 11.4. The number of hydrogen-bond acceptors (Lipinski definition) is 2. The van der Waals surface area contributed by atoms with Gasteiger partial charge in [-0.05, 0) is 36.8 Å². The molecule has 0 unspecified atom stereocenters. The molecular weight excluding hydrogens is 180 g/mol. The van der Waals surface area contributed by atoms with Gasteiger partial charge >= 0.3 is 0 Å². The summed E-state index contributed by atoms with van der Waals surface area (Å²) in [6.07, 6.45) is 5.70. The molecule has 0 aliphatic heterocycles. The van der Waals surface area contributed by atoms with Crippen LogP contribution in [0.4, 0.5) is 0 Å². The maximum absolute atomic E-state index is 10.1. The molecule has 0 radical (unpaired) electrons. The lowest BCUT2D eigenvalue weighted by molar-refractivity contribution is -0.107. The molecule has 0 saturated heterocycles. The van der Waals surface area contributed by atoms with E-state index in [1.807, 2.05) is 0 Å². The molecule has 2 heteroatoms. The van der Waals surface area contributed by atoms with Crippen LogP contribution in [0.1, 0.15) is 18.4 Å². The quantitative estimate of drug-likeness (QED) is 0.407. The number of carbonyl (C=O) groups excluding carboxylic acids is 1. The third-order valence-electron chi connectivity index (χ3n) is 1.92. The van der Waals surface area contributed by atoms with E-state index in [2.05, 4.69) is 30.5 Å². The van der Waals surface area contributed by atoms with Crippen LogP contribution >= 0.6 is 11.8 Å². The van der Waals surface area contributed by atoms with Gasteiger partial charge in [-0.15, -0.1) is 11.8 Å². The number of thioether (sulfide) groups is 1. The molecule has 70 valence electrons. The van der Waals surface area contributed by atoms with Gasteiger partial charge in [0.15, 0.2) is 0 Å². The summed E-state index contributed by atoms with van der Waals surface area (Å²) in [5, 5.41) is 0. The SMILES string of the molecule is CSc1cccc(CCCC=O)c1. The first-order valence-electron chi connectivity index (χ1n) is 4.43. The van der Waals surface area contributed by atoms with Gasteiger partial charge in [0.25, 0.3) is 0 Å². The van der Waals surface area contributed by atoms with Gasteiger partial charge in [0.05, 0.1) is 0 Å². The van der Waals surface area contributed by atoms with Gasteiger partial charge < -0.3 is 4.79 Å². The van der Waals surface area contributed by atoms with Gasteiger partial charge in [0.1, 0.15) is 6.29 Å². The average molecular weight is 194 g/mol. The van der Waals surface area contributed by atoms with Crippen molar-refractivity contribution in [2.24, 2.45) is 0 Å². The summed E-state index contributed by atoms with van der Waals surface area (Å²) >= 11 is 1.75. The number of aryl methyl sites for hydroxylation is 1. The van der Waals surface area contributed by atoms with Crippen molar-refractivity contribution >= 4 is 18.0 Å². The molecule has 1 aromatic carbocycles. The van der Waals surface area contributed by atoms with E-state index in [9.17, 15) is 4.79 Å². The van der Waals surface area contributed by atoms with Crippen LogP contribution in [-0.2, 0) is 11.2 Å². The second-order valence-electron chi connectivity index (χ2n) is 2.91. The van der Waals surface area contributed by atoms with Crippen LogP contribution in [0.15, 0.2) is 29.2 Å². The Morgan fingerprint density at radius 3 is 3.00 bits per heavy atom. The molecule has 0 heterocycles. The van der Waals surface area contributed by atoms with Gasteiger partial charge in [-0.2, -0.15) is 0 Å². The van der Waals surface area contributed by atoms with E-state index in [1.165, 1.54) is 10.5 Å². The highest BCUT2D eigenvalue weighted by atomic mass is 32.2. The number of benzene rings is 1. The first-order valence-corrected chi connectivity index (χ1v) is 5.66. The van der Waals surface area contributed by atoms with Gasteiger partial charge in [-0.1, -0.05) is 12.1 Å². The fourth-order valence-corrected chi connectivity index (χ4v) is 1.70. The van der Waals surface area contributed by atoms with Crippen LogP contribution < -0.4 is 0 Å². The number of carbonyl (C=O) groups is 1. The van der Waals surface area contributed by atoms with Crippen LogP contribution in [0.3, 0.4) is 0 Å². The lowest BCUT2D eigenvalue weighted by Crippen LogP contribution is -1.86. The predicted octanol–water partition coefficient (Wildman–Crippen LogP) is 2.93. The highest BCUT2D eigenvalue weighted by Gasteiger charge is 1.94. The molecule has 0 aliphatic carbocycles. The van der Waals surface area contributed by atoms with Crippen LogP contribution in [-0.4, -0.2) is 12.5 Å². The van der Waals surface area contributed by atoms with Crippen molar-refractivity contribution in [3.8, 4) is 0 Å². The second kappa shape index (κ2) is 5.81. The Bertz CT molecular complexity index is 271. The molecular formula is C11H14OS. The fraction of sp³-hybridized carbons (Fsp3) is 0.364. The van der Waals surface area contributed by atoms with Crippen LogP contribution in [0.5, 0.6) is 0 Å². The fourth-order valence-electron chi connectivity index (χ4n) is 1.22. The standard InChI is InChI=1S/C11H14OS/c1-13-11-7-4-6-10(9-11)5-2-3-8-12/h4,6-9H,2-3,5H2,1H3. The predicted molar refractivity (Wildman–Crippen MR) is 57.2 cm³/mol. The minimum Gasteiger partial charge on any atom is -0.303 e. The molecule has 0 bridgehead atoms. The van der Waals surface area contributed by atoms with Crippen LogP contribution in [0, 0.1) is 0 Å². The van der Waals surface area contributed by atoms with Crippen molar-refractivity contribution in [1.82, 2.24) is 0 Å². The summed E-state index contributed by atoms with van der Waals surface area (Å²) in [5.74, 6) is 0. The van der Waals surface area contributed by atoms with Crippen molar-refractivity contribution in [3.63, 3.8) is 0 Å². The maximum Gasteiger partial charge on any atom is 0.120 e. The van der Waals surface area contributed by atoms with Crippen molar-refractivity contribution in [1.29, 1.82) is 0 Å². The van der Waals surface area contributed by atoms with Gasteiger partial charge in [0.2, 0.25) is 0 Å². The molecule has 0 aliphatic rings. The summed E-state index contributed by atoms with van der Waals surface area (Å²) in [6.45, 7) is 0. The highest BCUT2D eigenvalue weighted by Crippen LogP contribution is 2.16. The Hall–Kier alpha value is -0.760. The second-order valence-corrected chi connectivity index (χ2v) is 3.79. The highest BCUT2D eigenvalue weighted by molar-refractivity contribution is 7.98. The smallest absolute Gasteiger partial charge is 0.120 e. The normalized spacial score (nSPS) is 9.92. The minimum absolute atomic E-state index is 0.670. The van der Waals surface area contributed by atoms with Gasteiger partial charge in [-0.25, -0.2) is 0 Å². The van der Waals surface area contributed by atoms with Crippen molar-refractivity contribution < 1.29 is 4.79 Å². The van der Waals surface area contributed by atoms with Crippen LogP contribution in [0.25, 0.3) is 0 Å². The maximum atomic E-state index is 10.1. The van der Waals surface area contributed by atoms with E-state index < -0.39 is 0 Å². The van der Waals surface area contributed by atoms with E-state index in [-0.39, 0.29) is 0 Å². The summed E-state index contributed by atoms with van der Waals surface area (Å²) in [7, 11) is 0. The molecule has 1 rings (SSSR count). The monoisotopic (exact) mass is 194 g/mol. The van der Waals surface area contributed by atoms with E-state index in [0.29, 0.717) is 6.42 Å². The third-order valence-corrected chi connectivity index (χ3v) is 2.65. The van der Waals surface area contributed by atoms with E-state index >= 15 is 0 Å². The zero-order valence-corrected chi connectivity index (χ0v) is 8.64. The molecule has 0 spiro atoms. The van der Waals surface area contributed by atoms with E-state index in [1.54, 1.807) is 11.8 Å². The number of aldehydes is 1. The summed E-state index contributed by atoms with van der Waals surface area (Å²) < 4.78 is 0. The van der Waals surface area contributed by atoms with E-state index in [0.717, 1.165) is 19.1 Å². The molecule has 0 amide bonds. The Kier molecular flexibility index (Phi) is 4.61. The molecule has 1 nitrogen and oxygen atoms in total. The molecule has 0 fully saturated rings. The third kappa shape index (κ3) is 3.64. The van der Waals surface area contributed by atoms with Crippen molar-refractivity contribution in [3.05, 3.63) is 29.8 Å². The molecule has 0 saturated carbocycles. The minimum atomic E-state index is 0.670. The lowest BCUT2D eigenvalue weighted by atomic mass is 10.1. The van der Waals surface area contributed by atoms with Crippen LogP contribution in [0.2, 0.25) is 0 Å². The summed E-state index contributed by atoms with van der Waals surface area (Å²) in [5.41, 5.74) is 1.33. The lowest BCUT2D eigenvalue weighted by Gasteiger charge is -2.01. The Balaban J connectivity index is 2.50. The number of hydrogen-bond donors (Lipinski definition) is 0. The van der Waals surface area contributed by atoms with Gasteiger partial charge in [0, 0.05) is 11.3 Å². The largest absolute Gasteiger partial charge is 0.303 e. The Morgan fingerprint density at radius 2 is 2.31 bits per heavy atom. The van der Waals surface area contributed by atoms with Crippen molar-refractivity contribution in [2.75, 3.05) is 6.26 Å². The van der Waals surface area contributed by atoms with Gasteiger partial charge in [-0.3, -0.25) is 0 Å². The Labute approximate surface area is 83.5 Å². The molecule has 13 heavy (non-hydrogen) atoms. The number of unbranched alkanes of at least 4 members (excludes halogenated alkanes) is 1. The Morgan fingerprint density at radius 1 is 1.46 bits per heavy atom. The molecule has 0 atom stereocenters. The number of rotatable bonds is 5. The zero-order valence-electron chi connectivity index (χ0n) is 7.82. The van der Waals surface area contributed by atoms with E-state index in [4.69, 9.17) is 0 Å². The first kappa shape index (κ1) is 10.3. The topological polar surface area (TPSA) is 17.1 Å².